The quantitative estimate of drug-likeness (QED) is 0.677. The zero-order chi connectivity index (χ0) is 17.9. The summed E-state index contributed by atoms with van der Waals surface area (Å²) in [5.74, 6) is 0.595. The summed E-state index contributed by atoms with van der Waals surface area (Å²) in [6, 6.07) is 0. The molecular formula is C20H32O4. The monoisotopic (exact) mass is 336 g/mol. The van der Waals surface area contributed by atoms with E-state index in [1.807, 2.05) is 13.8 Å². The second-order valence-electron chi connectivity index (χ2n) is 9.50. The summed E-state index contributed by atoms with van der Waals surface area (Å²) in [5.41, 5.74) is 0.498. The van der Waals surface area contributed by atoms with Crippen molar-refractivity contribution in [2.75, 3.05) is 6.61 Å². The third-order valence-electron chi connectivity index (χ3n) is 7.69. The number of aliphatic hydroxyl groups excluding tert-OH is 3. The maximum atomic E-state index is 12.5. The third kappa shape index (κ3) is 2.41. The minimum Gasteiger partial charge on any atom is -0.394 e. The molecule has 4 heteroatoms. The molecule has 6 atom stereocenters. The van der Waals surface area contributed by atoms with E-state index in [1.165, 1.54) is 5.57 Å². The molecule has 4 nitrogen and oxygen atoms in total. The van der Waals surface area contributed by atoms with E-state index >= 15 is 0 Å². The van der Waals surface area contributed by atoms with E-state index in [4.69, 9.17) is 0 Å². The van der Waals surface area contributed by atoms with Crippen molar-refractivity contribution in [1.82, 2.24) is 0 Å². The highest BCUT2D eigenvalue weighted by atomic mass is 16.3. The Kier molecular flexibility index (Phi) is 4.26. The van der Waals surface area contributed by atoms with Gasteiger partial charge in [0.05, 0.1) is 12.7 Å². The lowest BCUT2D eigenvalue weighted by molar-refractivity contribution is -0.160. The van der Waals surface area contributed by atoms with Gasteiger partial charge in [-0.3, -0.25) is 4.79 Å². The fourth-order valence-corrected chi connectivity index (χ4v) is 6.11. The number of ketones is 1. The Morgan fingerprint density at radius 2 is 1.96 bits per heavy atom. The minimum absolute atomic E-state index is 0.0156. The molecule has 0 spiro atoms. The molecule has 0 aromatic heterocycles. The van der Waals surface area contributed by atoms with Crippen LogP contribution < -0.4 is 0 Å². The molecule has 3 rings (SSSR count). The van der Waals surface area contributed by atoms with Crippen LogP contribution in [-0.2, 0) is 4.79 Å². The number of hydrogen-bond acceptors (Lipinski definition) is 4. The summed E-state index contributed by atoms with van der Waals surface area (Å²) in [5, 5.41) is 30.0. The Labute approximate surface area is 145 Å². The smallest absolute Gasteiger partial charge is 0.167 e. The molecule has 0 heterocycles. The highest BCUT2D eigenvalue weighted by Crippen LogP contribution is 2.62. The van der Waals surface area contributed by atoms with Crippen LogP contribution in [0, 0.1) is 28.1 Å². The van der Waals surface area contributed by atoms with Crippen LogP contribution in [0.3, 0.4) is 0 Å². The summed E-state index contributed by atoms with van der Waals surface area (Å²) in [6.45, 7) is 8.08. The predicted octanol–water partition coefficient (Wildman–Crippen LogP) is 2.46. The zero-order valence-corrected chi connectivity index (χ0v) is 15.4. The average molecular weight is 336 g/mol. The molecule has 2 fully saturated rings. The summed E-state index contributed by atoms with van der Waals surface area (Å²) in [7, 11) is 0. The zero-order valence-electron chi connectivity index (χ0n) is 15.4. The SMILES string of the molecule is CC1(C(O)CO)CCC2C(=CCC3C(C)(C)C(=O)C(O)CC23C)C1. The van der Waals surface area contributed by atoms with Crippen molar-refractivity contribution in [2.45, 2.75) is 72.0 Å². The summed E-state index contributed by atoms with van der Waals surface area (Å²) in [6.07, 6.45) is 4.74. The Morgan fingerprint density at radius 3 is 2.58 bits per heavy atom. The first-order chi connectivity index (χ1) is 11.1. The molecule has 0 aliphatic heterocycles. The van der Waals surface area contributed by atoms with Crippen LogP contribution in [0.1, 0.15) is 59.8 Å². The standard InChI is InChI=1S/C20H32O4/c1-18(2)15-6-5-12-9-19(3,16(23)11-21)8-7-13(12)20(15,4)10-14(22)17(18)24/h5,13-16,21-23H,6-11H2,1-4H3. The maximum Gasteiger partial charge on any atom is 0.167 e. The molecule has 136 valence electrons. The Bertz CT molecular complexity index is 566. The van der Waals surface area contributed by atoms with Crippen LogP contribution in [0.4, 0.5) is 0 Å². The van der Waals surface area contributed by atoms with Gasteiger partial charge in [-0.15, -0.1) is 0 Å². The molecular weight excluding hydrogens is 304 g/mol. The fourth-order valence-electron chi connectivity index (χ4n) is 6.11. The predicted molar refractivity (Wildman–Crippen MR) is 92.2 cm³/mol. The van der Waals surface area contributed by atoms with Crippen molar-refractivity contribution in [3.8, 4) is 0 Å². The van der Waals surface area contributed by atoms with Gasteiger partial charge in [-0.05, 0) is 54.8 Å². The van der Waals surface area contributed by atoms with Crippen molar-refractivity contribution >= 4 is 5.78 Å². The van der Waals surface area contributed by atoms with E-state index < -0.39 is 17.6 Å². The lowest BCUT2D eigenvalue weighted by Gasteiger charge is -2.59. The number of Topliss-reactive ketones (excluding diaryl/α,β-unsaturated/α-hetero) is 1. The van der Waals surface area contributed by atoms with Gasteiger partial charge in [-0.2, -0.15) is 0 Å². The van der Waals surface area contributed by atoms with Crippen LogP contribution in [0.2, 0.25) is 0 Å². The lowest BCUT2D eigenvalue weighted by Crippen LogP contribution is -2.58. The number of allylic oxidation sites excluding steroid dienone is 2. The summed E-state index contributed by atoms with van der Waals surface area (Å²) >= 11 is 0. The Hall–Kier alpha value is -0.710. The maximum absolute atomic E-state index is 12.5. The molecule has 0 aromatic rings. The van der Waals surface area contributed by atoms with Crippen LogP contribution >= 0.6 is 0 Å². The van der Waals surface area contributed by atoms with E-state index in [0.717, 1.165) is 25.7 Å². The second-order valence-corrected chi connectivity index (χ2v) is 9.50. The molecule has 2 saturated carbocycles. The van der Waals surface area contributed by atoms with Crippen LogP contribution in [0.25, 0.3) is 0 Å². The summed E-state index contributed by atoms with van der Waals surface area (Å²) < 4.78 is 0. The number of hydrogen-bond donors (Lipinski definition) is 3. The van der Waals surface area contributed by atoms with Crippen LogP contribution in [0.15, 0.2) is 11.6 Å². The van der Waals surface area contributed by atoms with Crippen molar-refractivity contribution in [2.24, 2.45) is 28.1 Å². The van der Waals surface area contributed by atoms with Gasteiger partial charge in [0.15, 0.2) is 5.78 Å². The van der Waals surface area contributed by atoms with Crippen LogP contribution in [0.5, 0.6) is 0 Å². The van der Waals surface area contributed by atoms with Gasteiger partial charge in [0.25, 0.3) is 0 Å². The number of fused-ring (bicyclic) bond motifs is 3. The van der Waals surface area contributed by atoms with E-state index in [9.17, 15) is 20.1 Å². The lowest BCUT2D eigenvalue weighted by atomic mass is 9.45. The van der Waals surface area contributed by atoms with Gasteiger partial charge in [0, 0.05) is 5.41 Å². The first-order valence-corrected chi connectivity index (χ1v) is 9.26. The number of rotatable bonds is 2. The van der Waals surface area contributed by atoms with Crippen molar-refractivity contribution in [3.63, 3.8) is 0 Å². The first kappa shape index (κ1) is 18.1. The largest absolute Gasteiger partial charge is 0.394 e. The number of carbonyl (C=O) groups excluding carboxylic acids is 1. The first-order valence-electron chi connectivity index (χ1n) is 9.26. The molecule has 3 N–H and O–H groups in total. The highest BCUT2D eigenvalue weighted by Gasteiger charge is 2.59. The average Bonchev–Trinajstić information content (AvgIpc) is 2.51. The van der Waals surface area contributed by atoms with Crippen LogP contribution in [-0.4, -0.2) is 39.9 Å². The van der Waals surface area contributed by atoms with E-state index in [0.29, 0.717) is 12.3 Å². The van der Waals surface area contributed by atoms with E-state index in [1.54, 1.807) is 0 Å². The van der Waals surface area contributed by atoms with Gasteiger partial charge in [0.2, 0.25) is 0 Å². The van der Waals surface area contributed by atoms with Crippen molar-refractivity contribution in [1.29, 1.82) is 0 Å². The van der Waals surface area contributed by atoms with Gasteiger partial charge in [-0.25, -0.2) is 0 Å². The van der Waals surface area contributed by atoms with E-state index in [2.05, 4.69) is 19.9 Å². The van der Waals surface area contributed by atoms with E-state index in [-0.39, 0.29) is 29.1 Å². The molecule has 24 heavy (non-hydrogen) atoms. The topological polar surface area (TPSA) is 77.8 Å². The van der Waals surface area contributed by atoms with Gasteiger partial charge in [-0.1, -0.05) is 39.3 Å². The Morgan fingerprint density at radius 1 is 1.29 bits per heavy atom. The van der Waals surface area contributed by atoms with Gasteiger partial charge >= 0.3 is 0 Å². The number of carbonyl (C=O) groups is 1. The van der Waals surface area contributed by atoms with Crippen molar-refractivity contribution < 1.29 is 20.1 Å². The normalized spacial score (nSPS) is 45.9. The molecule has 0 radical (unpaired) electrons. The molecule has 0 amide bonds. The van der Waals surface area contributed by atoms with Gasteiger partial charge < -0.3 is 15.3 Å². The highest BCUT2D eigenvalue weighted by molar-refractivity contribution is 5.89. The van der Waals surface area contributed by atoms with Gasteiger partial charge in [0.1, 0.15) is 6.10 Å². The van der Waals surface area contributed by atoms with Crippen molar-refractivity contribution in [3.05, 3.63) is 11.6 Å². The fraction of sp³-hybridized carbons (Fsp3) is 0.850. The molecule has 0 saturated heterocycles. The molecule has 3 aliphatic rings. The minimum atomic E-state index is -0.864. The molecule has 3 aliphatic carbocycles. The molecule has 0 aromatic carbocycles. The number of aliphatic hydroxyl groups is 3. The summed E-state index contributed by atoms with van der Waals surface area (Å²) in [4.78, 5) is 12.5. The third-order valence-corrected chi connectivity index (χ3v) is 7.69. The molecule has 0 bridgehead atoms. The molecule has 6 unspecified atom stereocenters. The second kappa shape index (κ2) is 5.65. The Balaban J connectivity index is 1.95.